The highest BCUT2D eigenvalue weighted by Crippen LogP contribution is 2.30. The van der Waals surface area contributed by atoms with E-state index < -0.39 is 22.1 Å². The van der Waals surface area contributed by atoms with E-state index in [0.29, 0.717) is 12.8 Å². The standard InChI is InChI=1S/C13H14F3N2O3S/c14-13(15,16)12(19)18-7-5-10(6-8-18)9-1-3-11(4-2-9)22(17,20)21/h1-4,10,17H,5-8H2. The molecule has 1 saturated heterocycles. The third-order valence-corrected chi connectivity index (χ3v) is 4.58. The molecule has 1 amide bonds. The zero-order valence-electron chi connectivity index (χ0n) is 11.4. The average Bonchev–Trinajstić information content (AvgIpc) is 2.45. The minimum Gasteiger partial charge on any atom is -0.335 e. The first-order chi connectivity index (χ1) is 10.1. The fourth-order valence-corrected chi connectivity index (χ4v) is 3.01. The molecule has 2 rings (SSSR count). The van der Waals surface area contributed by atoms with Crippen LogP contribution in [0.3, 0.4) is 0 Å². The van der Waals surface area contributed by atoms with Crippen LogP contribution in [0.4, 0.5) is 13.2 Å². The molecule has 0 saturated carbocycles. The minimum absolute atomic E-state index is 0.0154. The van der Waals surface area contributed by atoms with Crippen molar-refractivity contribution in [2.75, 3.05) is 13.1 Å². The second-order valence-corrected chi connectivity index (χ2v) is 6.61. The van der Waals surface area contributed by atoms with Gasteiger partial charge < -0.3 is 4.90 Å². The van der Waals surface area contributed by atoms with Crippen molar-refractivity contribution < 1.29 is 26.4 Å². The molecule has 0 bridgehead atoms. The predicted octanol–water partition coefficient (Wildman–Crippen LogP) is 1.93. The number of amides is 1. The number of carbonyl (C=O) groups excluding carboxylic acids is 1. The molecule has 9 heteroatoms. The average molecular weight is 335 g/mol. The number of nitrogens with zero attached hydrogens (tertiary/aromatic N) is 1. The lowest BCUT2D eigenvalue weighted by molar-refractivity contribution is -0.186. The zero-order valence-corrected chi connectivity index (χ0v) is 12.2. The molecule has 1 aromatic carbocycles. The van der Waals surface area contributed by atoms with Gasteiger partial charge in [0.25, 0.3) is 10.0 Å². The van der Waals surface area contributed by atoms with Gasteiger partial charge in [-0.2, -0.15) is 13.2 Å². The summed E-state index contributed by atoms with van der Waals surface area (Å²) in [4.78, 5) is 11.8. The van der Waals surface area contributed by atoms with Gasteiger partial charge in [-0.1, -0.05) is 12.1 Å². The molecule has 1 fully saturated rings. The maximum Gasteiger partial charge on any atom is 0.471 e. The summed E-state index contributed by atoms with van der Waals surface area (Å²) in [5.41, 5.74) is 0.798. The molecule has 0 unspecified atom stereocenters. The van der Waals surface area contributed by atoms with Crippen LogP contribution < -0.4 is 5.14 Å². The summed E-state index contributed by atoms with van der Waals surface area (Å²) >= 11 is 0. The van der Waals surface area contributed by atoms with Gasteiger partial charge in [-0.05, 0) is 36.5 Å². The van der Waals surface area contributed by atoms with Crippen LogP contribution in [0, 0.1) is 0 Å². The maximum absolute atomic E-state index is 12.3. The van der Waals surface area contributed by atoms with Crippen molar-refractivity contribution in [2.45, 2.75) is 29.8 Å². The zero-order chi connectivity index (χ0) is 16.5. The van der Waals surface area contributed by atoms with Gasteiger partial charge in [-0.3, -0.25) is 4.79 Å². The van der Waals surface area contributed by atoms with E-state index in [-0.39, 0.29) is 23.9 Å². The lowest BCUT2D eigenvalue weighted by Gasteiger charge is -2.32. The van der Waals surface area contributed by atoms with Crippen LogP contribution in [0.1, 0.15) is 24.3 Å². The molecule has 1 aromatic rings. The fourth-order valence-electron chi connectivity index (χ4n) is 2.51. The number of alkyl halides is 3. The molecular weight excluding hydrogens is 321 g/mol. The van der Waals surface area contributed by atoms with E-state index in [1.807, 2.05) is 0 Å². The molecule has 1 aliphatic heterocycles. The number of nitrogens with one attached hydrogen (secondary N) is 1. The van der Waals surface area contributed by atoms with Crippen LogP contribution >= 0.6 is 0 Å². The summed E-state index contributed by atoms with van der Waals surface area (Å²) in [5, 5.41) is 6.94. The lowest BCUT2D eigenvalue weighted by Crippen LogP contribution is -2.45. The molecule has 0 aliphatic carbocycles. The Morgan fingerprint density at radius 2 is 1.64 bits per heavy atom. The van der Waals surface area contributed by atoms with Gasteiger partial charge >= 0.3 is 12.1 Å². The Balaban J connectivity index is 2.02. The summed E-state index contributed by atoms with van der Waals surface area (Å²) in [5.74, 6) is -1.85. The lowest BCUT2D eigenvalue weighted by atomic mass is 9.89. The molecule has 0 spiro atoms. The monoisotopic (exact) mass is 335 g/mol. The number of likely N-dealkylation sites (tertiary alicyclic amines) is 1. The van der Waals surface area contributed by atoms with Crippen LogP contribution in [0.2, 0.25) is 0 Å². The Kier molecular flexibility index (Phi) is 4.48. The Morgan fingerprint density at radius 1 is 1.14 bits per heavy atom. The Hall–Kier alpha value is -1.61. The first kappa shape index (κ1) is 16.8. The van der Waals surface area contributed by atoms with Crippen molar-refractivity contribution >= 4 is 15.9 Å². The van der Waals surface area contributed by atoms with E-state index >= 15 is 0 Å². The van der Waals surface area contributed by atoms with Crippen LogP contribution in [0.25, 0.3) is 0 Å². The van der Waals surface area contributed by atoms with Gasteiger partial charge in [0.1, 0.15) is 0 Å². The quantitative estimate of drug-likeness (QED) is 0.828. The summed E-state index contributed by atoms with van der Waals surface area (Å²) in [6.07, 6.45) is -4.08. The first-order valence-electron chi connectivity index (χ1n) is 6.55. The van der Waals surface area contributed by atoms with Gasteiger partial charge in [0, 0.05) is 13.1 Å². The number of halogens is 3. The van der Waals surface area contributed by atoms with Crippen molar-refractivity contribution in [1.29, 1.82) is 0 Å². The molecule has 5 nitrogen and oxygen atoms in total. The van der Waals surface area contributed by atoms with Crippen molar-refractivity contribution in [2.24, 2.45) is 0 Å². The Labute approximate surface area is 125 Å². The van der Waals surface area contributed by atoms with Crippen molar-refractivity contribution in [3.05, 3.63) is 29.8 Å². The minimum atomic E-state index is -4.85. The second-order valence-electron chi connectivity index (χ2n) is 5.14. The highest BCUT2D eigenvalue weighted by atomic mass is 32.2. The maximum atomic E-state index is 12.3. The topological polar surface area (TPSA) is 78.2 Å². The number of sulfonamides is 1. The number of hydrogen-bond donors (Lipinski definition) is 0. The van der Waals surface area contributed by atoms with Crippen LogP contribution in [0.15, 0.2) is 29.2 Å². The summed E-state index contributed by atoms with van der Waals surface area (Å²) < 4.78 is 59.1. The number of benzene rings is 1. The number of rotatable bonds is 2. The Bertz CT molecular complexity index is 648. The molecule has 1 N–H and O–H groups in total. The van der Waals surface area contributed by atoms with E-state index in [9.17, 15) is 26.4 Å². The molecular formula is C13H14F3N2O3S. The molecule has 1 radical (unpaired) electrons. The van der Waals surface area contributed by atoms with E-state index in [0.717, 1.165) is 10.5 Å². The van der Waals surface area contributed by atoms with Gasteiger partial charge in [-0.15, -0.1) is 5.14 Å². The second kappa shape index (κ2) is 5.88. The molecule has 1 heterocycles. The fraction of sp³-hybridized carbons (Fsp3) is 0.462. The third-order valence-electron chi connectivity index (χ3n) is 3.69. The van der Waals surface area contributed by atoms with Crippen LogP contribution in [-0.2, 0) is 14.8 Å². The number of hydrogen-bond acceptors (Lipinski definition) is 3. The molecule has 121 valence electrons. The molecule has 0 aromatic heterocycles. The SMILES string of the molecule is [NH]S(=O)(=O)c1ccc(C2CCN(C(=O)C(F)(F)F)CC2)cc1. The van der Waals surface area contributed by atoms with Crippen molar-refractivity contribution in [3.8, 4) is 0 Å². The van der Waals surface area contributed by atoms with E-state index in [1.165, 1.54) is 12.1 Å². The molecule has 1 aliphatic rings. The number of carbonyl (C=O) groups is 1. The van der Waals surface area contributed by atoms with Crippen LogP contribution in [0.5, 0.6) is 0 Å². The van der Waals surface area contributed by atoms with Crippen molar-refractivity contribution in [1.82, 2.24) is 10.0 Å². The smallest absolute Gasteiger partial charge is 0.335 e. The predicted molar refractivity (Wildman–Crippen MR) is 71.3 cm³/mol. The summed E-state index contributed by atoms with van der Waals surface area (Å²) in [7, 11) is -4.01. The molecule has 0 atom stereocenters. The number of piperidine rings is 1. The Morgan fingerprint density at radius 3 is 2.05 bits per heavy atom. The van der Waals surface area contributed by atoms with Gasteiger partial charge in [0.05, 0.1) is 4.90 Å². The molecule has 22 heavy (non-hydrogen) atoms. The third kappa shape index (κ3) is 3.77. The van der Waals surface area contributed by atoms with Crippen LogP contribution in [-0.4, -0.2) is 38.5 Å². The van der Waals surface area contributed by atoms with E-state index in [2.05, 4.69) is 0 Å². The van der Waals surface area contributed by atoms with Gasteiger partial charge in [0.2, 0.25) is 0 Å². The first-order valence-corrected chi connectivity index (χ1v) is 8.03. The normalized spacial score (nSPS) is 17.5. The highest BCUT2D eigenvalue weighted by Gasteiger charge is 2.43. The summed E-state index contributed by atoms with van der Waals surface area (Å²) in [6, 6.07) is 5.75. The van der Waals surface area contributed by atoms with Gasteiger partial charge in [-0.25, -0.2) is 8.42 Å². The van der Waals surface area contributed by atoms with E-state index in [1.54, 1.807) is 12.1 Å². The van der Waals surface area contributed by atoms with Gasteiger partial charge in [0.15, 0.2) is 0 Å². The highest BCUT2D eigenvalue weighted by molar-refractivity contribution is 7.88. The summed E-state index contributed by atoms with van der Waals surface area (Å²) in [6.45, 7) is 0.0308. The van der Waals surface area contributed by atoms with E-state index in [4.69, 9.17) is 5.14 Å². The van der Waals surface area contributed by atoms with Crippen molar-refractivity contribution in [3.63, 3.8) is 0 Å². The largest absolute Gasteiger partial charge is 0.471 e.